The number of nitrogens with one attached hydrogen (secondary N) is 2. The lowest BCUT2D eigenvalue weighted by molar-refractivity contribution is -0.119. The first-order chi connectivity index (χ1) is 13.7. The highest BCUT2D eigenvalue weighted by atomic mass is 79.9. The van der Waals surface area contributed by atoms with E-state index in [0.717, 1.165) is 4.47 Å². The van der Waals surface area contributed by atoms with Crippen molar-refractivity contribution >= 4 is 39.3 Å². The number of nitrogens with zero attached hydrogens (tertiary/aromatic N) is 3. The largest absolute Gasteiger partial charge is 0.442 e. The second kappa shape index (κ2) is 8.73. The van der Waals surface area contributed by atoms with Crippen molar-refractivity contribution in [3.63, 3.8) is 0 Å². The summed E-state index contributed by atoms with van der Waals surface area (Å²) in [5.41, 5.74) is 0.660. The number of hydrogen-bond donors (Lipinski definition) is 2. The molecule has 154 valence electrons. The Morgan fingerprint density at radius 2 is 2.28 bits per heavy atom. The minimum atomic E-state index is -0.597. The Morgan fingerprint density at radius 1 is 1.52 bits per heavy atom. The molecule has 1 aromatic heterocycles. The fourth-order valence-corrected chi connectivity index (χ4v) is 3.37. The molecule has 1 unspecified atom stereocenters. The van der Waals surface area contributed by atoms with Gasteiger partial charge in [-0.1, -0.05) is 0 Å². The smallest absolute Gasteiger partial charge is 0.414 e. The minimum absolute atomic E-state index is 0.115. The quantitative estimate of drug-likeness (QED) is 0.612. The second-order valence-corrected chi connectivity index (χ2v) is 7.80. The van der Waals surface area contributed by atoms with Gasteiger partial charge in [0.2, 0.25) is 5.91 Å². The zero-order valence-corrected chi connectivity index (χ0v) is 17.6. The lowest BCUT2D eigenvalue weighted by Crippen LogP contribution is -2.33. The zero-order valence-electron chi connectivity index (χ0n) is 16.0. The molecule has 1 fully saturated rings. The van der Waals surface area contributed by atoms with Gasteiger partial charge in [-0.25, -0.2) is 9.18 Å². The van der Waals surface area contributed by atoms with Crippen LogP contribution in [-0.4, -0.2) is 46.7 Å². The van der Waals surface area contributed by atoms with E-state index >= 15 is 0 Å². The third-order valence-corrected chi connectivity index (χ3v) is 4.97. The van der Waals surface area contributed by atoms with E-state index < -0.39 is 18.0 Å². The summed E-state index contributed by atoms with van der Waals surface area (Å²) in [6.45, 7) is 3.68. The predicted molar refractivity (Wildman–Crippen MR) is 109 cm³/mol. The molecule has 2 amide bonds. The molecule has 0 saturated carbocycles. The van der Waals surface area contributed by atoms with E-state index in [-0.39, 0.29) is 36.3 Å². The summed E-state index contributed by atoms with van der Waals surface area (Å²) in [4.78, 5) is 24.4. The van der Waals surface area contributed by atoms with Crippen LogP contribution in [-0.2, 0) is 9.53 Å². The number of ether oxygens (including phenoxy) is 1. The number of carbonyl (C=O) groups is 2. The molecular formula is C19H21BrFN5O3. The lowest BCUT2D eigenvalue weighted by Gasteiger charge is -2.16. The molecule has 1 saturated heterocycles. The lowest BCUT2D eigenvalue weighted by atomic mass is 10.0. The van der Waals surface area contributed by atoms with Crippen LogP contribution in [0.25, 0.3) is 0 Å². The summed E-state index contributed by atoms with van der Waals surface area (Å²) in [6, 6.07) is 4.19. The number of hydrogen-bond acceptors (Lipinski definition) is 5. The van der Waals surface area contributed by atoms with Crippen molar-refractivity contribution < 1.29 is 18.7 Å². The second-order valence-electron chi connectivity index (χ2n) is 6.89. The molecule has 1 aromatic carbocycles. The van der Waals surface area contributed by atoms with Gasteiger partial charge in [-0.05, 0) is 41.1 Å². The van der Waals surface area contributed by atoms with Crippen molar-refractivity contribution in [2.24, 2.45) is 0 Å². The van der Waals surface area contributed by atoms with Crippen LogP contribution in [0, 0.1) is 11.2 Å². The number of aromatic nitrogens is 2. The predicted octanol–water partition coefficient (Wildman–Crippen LogP) is 3.27. The van der Waals surface area contributed by atoms with E-state index in [4.69, 9.17) is 10.1 Å². The van der Waals surface area contributed by atoms with Crippen LogP contribution in [0.1, 0.15) is 31.9 Å². The van der Waals surface area contributed by atoms with Gasteiger partial charge in [-0.3, -0.25) is 14.4 Å². The maximum atomic E-state index is 14.7. The first-order valence-corrected chi connectivity index (χ1v) is 9.83. The van der Waals surface area contributed by atoms with Gasteiger partial charge >= 0.3 is 6.09 Å². The maximum absolute atomic E-state index is 14.7. The number of halogens is 2. The van der Waals surface area contributed by atoms with Gasteiger partial charge in [-0.15, -0.1) is 0 Å². The Morgan fingerprint density at radius 3 is 2.90 bits per heavy atom. The van der Waals surface area contributed by atoms with Gasteiger partial charge in [0.05, 0.1) is 35.5 Å². The third kappa shape index (κ3) is 5.00. The number of amides is 2. The van der Waals surface area contributed by atoms with Gasteiger partial charge in [0.1, 0.15) is 11.9 Å². The Bertz CT molecular complexity index is 948. The van der Waals surface area contributed by atoms with E-state index in [0.29, 0.717) is 12.1 Å². The molecule has 0 spiro atoms. The Labute approximate surface area is 175 Å². The summed E-state index contributed by atoms with van der Waals surface area (Å²) in [5.74, 6) is -0.801. The molecule has 0 aliphatic carbocycles. The SMILES string of the molecule is CC(=O)NC[C@H]1CN(c2ccc(C(=N)CC(C)n3cc(Br)cn3)c(F)c2)C(=O)O1. The number of rotatable bonds is 7. The molecule has 8 nitrogen and oxygen atoms in total. The van der Waals surface area contributed by atoms with Crippen LogP contribution in [0.4, 0.5) is 14.9 Å². The first kappa shape index (κ1) is 21.0. The Kier molecular flexibility index (Phi) is 6.31. The molecule has 1 aliphatic rings. The monoisotopic (exact) mass is 465 g/mol. The third-order valence-electron chi connectivity index (χ3n) is 4.56. The molecule has 2 heterocycles. The van der Waals surface area contributed by atoms with Gasteiger partial charge in [0, 0.05) is 30.8 Å². The molecule has 29 heavy (non-hydrogen) atoms. The fraction of sp³-hybridized carbons (Fsp3) is 0.368. The highest BCUT2D eigenvalue weighted by Gasteiger charge is 2.32. The van der Waals surface area contributed by atoms with E-state index in [1.807, 2.05) is 6.92 Å². The fourth-order valence-electron chi connectivity index (χ4n) is 3.07. The zero-order chi connectivity index (χ0) is 21.1. The molecule has 2 aromatic rings. The van der Waals surface area contributed by atoms with Gasteiger partial charge < -0.3 is 15.5 Å². The molecule has 0 bridgehead atoms. The van der Waals surface area contributed by atoms with Crippen LogP contribution in [0.2, 0.25) is 0 Å². The minimum Gasteiger partial charge on any atom is -0.442 e. The molecule has 3 rings (SSSR count). The standard InChI is InChI=1S/C19H21BrFN5O3/c1-11(26-9-13(20)7-24-26)5-18(22)16-4-3-14(6-17(16)21)25-10-15(29-19(25)28)8-23-12(2)27/h3-4,6-7,9,11,15,22H,5,8,10H2,1-2H3,(H,23,27)/t11?,15-/m0/s1. The van der Waals surface area contributed by atoms with E-state index in [1.54, 1.807) is 23.1 Å². The first-order valence-electron chi connectivity index (χ1n) is 9.04. The van der Waals surface area contributed by atoms with Gasteiger partial charge in [-0.2, -0.15) is 5.10 Å². The van der Waals surface area contributed by atoms with Gasteiger partial charge in [0.25, 0.3) is 0 Å². The van der Waals surface area contributed by atoms with Crippen molar-refractivity contribution in [3.8, 4) is 0 Å². The summed E-state index contributed by atoms with van der Waals surface area (Å²) < 4.78 is 22.4. The number of anilines is 1. The maximum Gasteiger partial charge on any atom is 0.414 e. The summed E-state index contributed by atoms with van der Waals surface area (Å²) in [6.07, 6.45) is 2.66. The summed E-state index contributed by atoms with van der Waals surface area (Å²) >= 11 is 3.33. The van der Waals surface area contributed by atoms with Crippen LogP contribution in [0.5, 0.6) is 0 Å². The summed E-state index contributed by atoms with van der Waals surface area (Å²) in [5, 5.41) is 15.0. The summed E-state index contributed by atoms with van der Waals surface area (Å²) in [7, 11) is 0. The van der Waals surface area contributed by atoms with Crippen LogP contribution >= 0.6 is 15.9 Å². The van der Waals surface area contributed by atoms with Crippen molar-refractivity contribution in [1.82, 2.24) is 15.1 Å². The van der Waals surface area contributed by atoms with E-state index in [2.05, 4.69) is 26.3 Å². The number of benzene rings is 1. The average Bonchev–Trinajstić information content (AvgIpc) is 3.25. The van der Waals surface area contributed by atoms with Gasteiger partial charge in [0.15, 0.2) is 0 Å². The average molecular weight is 466 g/mol. The highest BCUT2D eigenvalue weighted by molar-refractivity contribution is 9.10. The number of cyclic esters (lactones) is 1. The van der Waals surface area contributed by atoms with Crippen molar-refractivity contribution in [2.45, 2.75) is 32.4 Å². The molecule has 2 N–H and O–H groups in total. The molecule has 2 atom stereocenters. The van der Waals surface area contributed by atoms with Crippen LogP contribution in [0.3, 0.4) is 0 Å². The van der Waals surface area contributed by atoms with E-state index in [1.165, 1.54) is 24.0 Å². The Hall–Kier alpha value is -2.75. The highest BCUT2D eigenvalue weighted by Crippen LogP contribution is 2.25. The molecule has 10 heteroatoms. The van der Waals surface area contributed by atoms with Crippen LogP contribution in [0.15, 0.2) is 35.1 Å². The normalized spacial score (nSPS) is 17.2. The molecular weight excluding hydrogens is 445 g/mol. The van der Waals surface area contributed by atoms with Crippen molar-refractivity contribution in [1.29, 1.82) is 5.41 Å². The van der Waals surface area contributed by atoms with E-state index in [9.17, 15) is 14.0 Å². The van der Waals surface area contributed by atoms with Crippen molar-refractivity contribution in [2.75, 3.05) is 18.0 Å². The Balaban J connectivity index is 1.67. The topological polar surface area (TPSA) is 100 Å². The number of carbonyl (C=O) groups excluding carboxylic acids is 2. The molecule has 0 radical (unpaired) electrons. The molecule has 1 aliphatic heterocycles. The van der Waals surface area contributed by atoms with Crippen molar-refractivity contribution in [3.05, 3.63) is 46.4 Å². The van der Waals surface area contributed by atoms with Crippen LogP contribution < -0.4 is 10.2 Å².